The highest BCUT2D eigenvalue weighted by atomic mass is 32.2. The van der Waals surface area contributed by atoms with E-state index < -0.39 is 0 Å². The van der Waals surface area contributed by atoms with Crippen LogP contribution in [0.2, 0.25) is 0 Å². The first-order valence-corrected chi connectivity index (χ1v) is 8.76. The van der Waals surface area contributed by atoms with E-state index in [0.29, 0.717) is 6.04 Å². The molecule has 1 aromatic rings. The second-order valence-corrected chi connectivity index (χ2v) is 6.11. The van der Waals surface area contributed by atoms with Crippen LogP contribution in [0.15, 0.2) is 29.2 Å². The van der Waals surface area contributed by atoms with Crippen LogP contribution < -0.4 is 10.0 Å². The highest BCUT2D eigenvalue weighted by molar-refractivity contribution is 7.99. The van der Waals surface area contributed by atoms with Gasteiger partial charge in [-0.05, 0) is 56.1 Å². The van der Waals surface area contributed by atoms with Crippen LogP contribution in [0, 0.1) is 6.92 Å². The second-order valence-electron chi connectivity index (χ2n) is 4.83. The van der Waals surface area contributed by atoms with Gasteiger partial charge >= 0.3 is 0 Å². The summed E-state index contributed by atoms with van der Waals surface area (Å²) in [5.41, 5.74) is 1.28. The van der Waals surface area contributed by atoms with Crippen molar-refractivity contribution >= 4 is 29.3 Å². The van der Waals surface area contributed by atoms with Gasteiger partial charge in [-0.15, -0.1) is 0 Å². The molecule has 1 fully saturated rings. The molecular formula is C16H26N2S2. The number of hydrogen-bond donors (Lipinski definition) is 2. The van der Waals surface area contributed by atoms with E-state index in [-0.39, 0.29) is 0 Å². The van der Waals surface area contributed by atoms with Crippen LogP contribution in [0.5, 0.6) is 0 Å². The van der Waals surface area contributed by atoms with Crippen molar-refractivity contribution < 1.29 is 0 Å². The molecule has 0 saturated heterocycles. The third-order valence-corrected chi connectivity index (χ3v) is 4.39. The Kier molecular flexibility index (Phi) is 8.70. The minimum atomic E-state index is 0.567. The lowest BCUT2D eigenvalue weighted by Crippen LogP contribution is -2.40. The standard InChI is InChI=1S/C14H20N2S2.C2H6/c1-11-7-9-13(10-8-11)18-16-14(17)15-12-5-3-2-4-6-12;1-2/h7-10,12H,2-6H2,1H3,(H2,15,16,17);1-2H3. The number of rotatable bonds is 3. The fourth-order valence-corrected chi connectivity index (χ4v) is 3.01. The largest absolute Gasteiger partial charge is 0.359 e. The first kappa shape index (κ1) is 17.3. The van der Waals surface area contributed by atoms with Crippen molar-refractivity contribution in [2.75, 3.05) is 0 Å². The van der Waals surface area contributed by atoms with Gasteiger partial charge < -0.3 is 10.0 Å². The third-order valence-electron chi connectivity index (χ3n) is 3.22. The molecule has 0 atom stereocenters. The molecule has 20 heavy (non-hydrogen) atoms. The Bertz CT molecular complexity index is 384. The fraction of sp³-hybridized carbons (Fsp3) is 0.562. The van der Waals surface area contributed by atoms with Crippen LogP contribution in [0.25, 0.3) is 0 Å². The summed E-state index contributed by atoms with van der Waals surface area (Å²) in [4.78, 5) is 1.19. The Morgan fingerprint density at radius 1 is 1.10 bits per heavy atom. The molecule has 2 nitrogen and oxygen atoms in total. The van der Waals surface area contributed by atoms with Gasteiger partial charge in [-0.2, -0.15) is 0 Å². The molecule has 0 amide bonds. The summed E-state index contributed by atoms with van der Waals surface area (Å²) in [6, 6.07) is 9.01. The zero-order valence-electron chi connectivity index (χ0n) is 12.7. The summed E-state index contributed by atoms with van der Waals surface area (Å²) >= 11 is 6.89. The van der Waals surface area contributed by atoms with Crippen LogP contribution in [0.4, 0.5) is 0 Å². The van der Waals surface area contributed by atoms with Crippen LogP contribution >= 0.6 is 24.2 Å². The van der Waals surface area contributed by atoms with Gasteiger partial charge in [0.25, 0.3) is 0 Å². The molecule has 0 heterocycles. The molecule has 112 valence electrons. The summed E-state index contributed by atoms with van der Waals surface area (Å²) in [6.07, 6.45) is 6.52. The minimum absolute atomic E-state index is 0.567. The molecule has 0 unspecified atom stereocenters. The Balaban J connectivity index is 0.000000956. The van der Waals surface area contributed by atoms with Crippen molar-refractivity contribution in [3.63, 3.8) is 0 Å². The molecule has 4 heteroatoms. The van der Waals surface area contributed by atoms with E-state index in [2.05, 4.69) is 41.2 Å². The van der Waals surface area contributed by atoms with E-state index in [1.54, 1.807) is 11.9 Å². The number of nitrogens with one attached hydrogen (secondary N) is 2. The Morgan fingerprint density at radius 3 is 2.30 bits per heavy atom. The zero-order chi connectivity index (χ0) is 14.8. The van der Waals surface area contributed by atoms with Gasteiger partial charge in [-0.1, -0.05) is 50.8 Å². The van der Waals surface area contributed by atoms with E-state index in [9.17, 15) is 0 Å². The van der Waals surface area contributed by atoms with Crippen LogP contribution in [0.1, 0.15) is 51.5 Å². The van der Waals surface area contributed by atoms with Gasteiger partial charge in [-0.3, -0.25) is 0 Å². The number of aryl methyl sites for hydroxylation is 1. The maximum atomic E-state index is 5.32. The van der Waals surface area contributed by atoms with E-state index in [1.807, 2.05) is 13.8 Å². The van der Waals surface area contributed by atoms with Gasteiger partial charge in [0.2, 0.25) is 0 Å². The predicted octanol–water partition coefficient (Wildman–Crippen LogP) is 4.83. The predicted molar refractivity (Wildman–Crippen MR) is 94.1 cm³/mol. The molecular weight excluding hydrogens is 284 g/mol. The average Bonchev–Trinajstić information content (AvgIpc) is 2.50. The normalized spacial score (nSPS) is 14.9. The van der Waals surface area contributed by atoms with Crippen LogP contribution in [0.3, 0.4) is 0 Å². The lowest BCUT2D eigenvalue weighted by molar-refractivity contribution is 0.413. The van der Waals surface area contributed by atoms with Crippen molar-refractivity contribution in [1.82, 2.24) is 10.0 Å². The molecule has 2 N–H and O–H groups in total. The molecule has 0 spiro atoms. The van der Waals surface area contributed by atoms with E-state index >= 15 is 0 Å². The first-order chi connectivity index (χ1) is 9.74. The third kappa shape index (κ3) is 6.62. The summed E-state index contributed by atoms with van der Waals surface area (Å²) in [5, 5.41) is 4.16. The highest BCUT2D eigenvalue weighted by Gasteiger charge is 2.13. The van der Waals surface area contributed by atoms with Gasteiger partial charge in [0.1, 0.15) is 0 Å². The monoisotopic (exact) mass is 310 g/mol. The average molecular weight is 311 g/mol. The highest BCUT2D eigenvalue weighted by Crippen LogP contribution is 2.18. The van der Waals surface area contributed by atoms with Crippen molar-refractivity contribution in [2.45, 2.75) is 63.8 Å². The maximum absolute atomic E-state index is 5.32. The SMILES string of the molecule is CC.Cc1ccc(SNC(=S)NC2CCCCC2)cc1. The lowest BCUT2D eigenvalue weighted by Gasteiger charge is -2.24. The van der Waals surface area contributed by atoms with Crippen LogP contribution in [-0.2, 0) is 0 Å². The summed E-state index contributed by atoms with van der Waals surface area (Å²) in [6.45, 7) is 6.09. The minimum Gasteiger partial charge on any atom is -0.359 e. The van der Waals surface area contributed by atoms with E-state index in [1.165, 1.54) is 42.6 Å². The summed E-state index contributed by atoms with van der Waals surface area (Å²) < 4.78 is 3.20. The maximum Gasteiger partial charge on any atom is 0.176 e. The number of benzene rings is 1. The molecule has 1 aliphatic carbocycles. The summed E-state index contributed by atoms with van der Waals surface area (Å²) in [7, 11) is 0. The Hall–Kier alpha value is -0.740. The van der Waals surface area contributed by atoms with Crippen molar-refractivity contribution in [1.29, 1.82) is 0 Å². The quantitative estimate of drug-likeness (QED) is 0.617. The van der Waals surface area contributed by atoms with Gasteiger partial charge in [0, 0.05) is 10.9 Å². The number of hydrogen-bond acceptors (Lipinski definition) is 2. The molecule has 1 saturated carbocycles. The fourth-order valence-electron chi connectivity index (χ4n) is 2.17. The molecule has 0 radical (unpaired) electrons. The molecule has 1 aliphatic rings. The molecule has 2 rings (SSSR count). The van der Waals surface area contributed by atoms with Crippen LogP contribution in [-0.4, -0.2) is 11.2 Å². The number of thiocarbonyl (C=S) groups is 1. The molecule has 0 aromatic heterocycles. The molecule has 0 aliphatic heterocycles. The Labute approximate surface area is 133 Å². The topological polar surface area (TPSA) is 24.1 Å². The molecule has 1 aromatic carbocycles. The second kappa shape index (κ2) is 10.1. The Morgan fingerprint density at radius 2 is 1.70 bits per heavy atom. The van der Waals surface area contributed by atoms with Gasteiger partial charge in [-0.25, -0.2) is 0 Å². The molecule has 0 bridgehead atoms. The smallest absolute Gasteiger partial charge is 0.176 e. The van der Waals surface area contributed by atoms with Crippen molar-refractivity contribution in [3.05, 3.63) is 29.8 Å². The zero-order valence-corrected chi connectivity index (χ0v) is 14.4. The first-order valence-electron chi connectivity index (χ1n) is 7.54. The van der Waals surface area contributed by atoms with E-state index in [0.717, 1.165) is 5.11 Å². The summed E-state index contributed by atoms with van der Waals surface area (Å²) in [5.74, 6) is 0. The van der Waals surface area contributed by atoms with Gasteiger partial charge in [0.15, 0.2) is 5.11 Å². The van der Waals surface area contributed by atoms with E-state index in [4.69, 9.17) is 12.2 Å². The van der Waals surface area contributed by atoms with Gasteiger partial charge in [0.05, 0.1) is 0 Å². The van der Waals surface area contributed by atoms with Crippen molar-refractivity contribution in [3.8, 4) is 0 Å². The van der Waals surface area contributed by atoms with Crippen molar-refractivity contribution in [2.24, 2.45) is 0 Å². The lowest BCUT2D eigenvalue weighted by atomic mass is 9.96.